The molecule has 0 aromatic heterocycles. The van der Waals surface area contributed by atoms with E-state index in [-0.39, 0.29) is 0 Å². The second-order valence-electron chi connectivity index (χ2n) is 4.85. The van der Waals surface area contributed by atoms with Crippen LogP contribution < -0.4 is 11.3 Å². The van der Waals surface area contributed by atoms with E-state index in [1.54, 1.807) is 0 Å². The summed E-state index contributed by atoms with van der Waals surface area (Å²) < 4.78 is 0. The molecule has 0 heterocycles. The van der Waals surface area contributed by atoms with Crippen molar-refractivity contribution in [1.29, 1.82) is 0 Å². The zero-order valence-electron chi connectivity index (χ0n) is 10.7. The summed E-state index contributed by atoms with van der Waals surface area (Å²) in [7, 11) is 0. The molecule has 1 fully saturated rings. The van der Waals surface area contributed by atoms with Gasteiger partial charge >= 0.3 is 0 Å². The van der Waals surface area contributed by atoms with Crippen LogP contribution in [0.5, 0.6) is 0 Å². The van der Waals surface area contributed by atoms with Crippen molar-refractivity contribution in [3.8, 4) is 0 Å². The van der Waals surface area contributed by atoms with E-state index in [2.05, 4.69) is 5.43 Å². The molecule has 0 saturated heterocycles. The van der Waals surface area contributed by atoms with Crippen LogP contribution in [0.25, 0.3) is 0 Å². The van der Waals surface area contributed by atoms with E-state index in [0.29, 0.717) is 11.9 Å². The first-order chi connectivity index (χ1) is 8.72. The first kappa shape index (κ1) is 13.4. The van der Waals surface area contributed by atoms with Gasteiger partial charge in [-0.05, 0) is 31.4 Å². The highest BCUT2D eigenvalue weighted by Crippen LogP contribution is 2.23. The summed E-state index contributed by atoms with van der Waals surface area (Å²) >= 11 is 6.31. The first-order valence-electron chi connectivity index (χ1n) is 6.52. The summed E-state index contributed by atoms with van der Waals surface area (Å²) in [5, 5.41) is 0.727. The molecule has 1 aromatic carbocycles. The fraction of sp³-hybridized carbons (Fsp3) is 0.500. The number of hydrogen-bond acceptors (Lipinski definition) is 2. The first-order valence-corrected chi connectivity index (χ1v) is 6.90. The maximum atomic E-state index is 6.31. The zero-order valence-corrected chi connectivity index (χ0v) is 11.5. The van der Waals surface area contributed by atoms with Gasteiger partial charge in [-0.1, -0.05) is 43.0 Å². The van der Waals surface area contributed by atoms with E-state index in [1.165, 1.54) is 19.3 Å². The van der Waals surface area contributed by atoms with E-state index in [9.17, 15) is 0 Å². The molecule has 1 aliphatic rings. The van der Waals surface area contributed by atoms with E-state index in [1.807, 2.05) is 25.1 Å². The SMILES string of the molecule is Cc1cccc(C(=NC2CCCCC2)NN)c1Cl. The van der Waals surface area contributed by atoms with Crippen molar-refractivity contribution in [2.75, 3.05) is 0 Å². The summed E-state index contributed by atoms with van der Waals surface area (Å²) in [6, 6.07) is 6.29. The molecule has 0 spiro atoms. The smallest absolute Gasteiger partial charge is 0.144 e. The Labute approximate surface area is 113 Å². The van der Waals surface area contributed by atoms with Gasteiger partial charge in [0.2, 0.25) is 0 Å². The summed E-state index contributed by atoms with van der Waals surface area (Å²) in [6.07, 6.45) is 6.13. The topological polar surface area (TPSA) is 50.4 Å². The molecule has 0 atom stereocenters. The highest BCUT2D eigenvalue weighted by Gasteiger charge is 2.15. The number of aryl methyl sites for hydroxylation is 1. The second-order valence-corrected chi connectivity index (χ2v) is 5.23. The van der Waals surface area contributed by atoms with Crippen molar-refractivity contribution in [3.63, 3.8) is 0 Å². The predicted octanol–water partition coefficient (Wildman–Crippen LogP) is 3.19. The van der Waals surface area contributed by atoms with Crippen LogP contribution in [-0.2, 0) is 0 Å². The number of rotatable bonds is 2. The van der Waals surface area contributed by atoms with Gasteiger partial charge < -0.3 is 5.43 Å². The number of nitrogens with one attached hydrogen (secondary N) is 1. The number of halogens is 1. The molecule has 0 aliphatic heterocycles. The average molecular weight is 266 g/mol. The highest BCUT2D eigenvalue weighted by molar-refractivity contribution is 6.34. The van der Waals surface area contributed by atoms with Crippen LogP contribution in [0, 0.1) is 6.92 Å². The van der Waals surface area contributed by atoms with Crippen molar-refractivity contribution >= 4 is 17.4 Å². The monoisotopic (exact) mass is 265 g/mol. The Morgan fingerprint density at radius 2 is 2.06 bits per heavy atom. The molecule has 1 aliphatic carbocycles. The van der Waals surface area contributed by atoms with Crippen molar-refractivity contribution < 1.29 is 0 Å². The number of nitrogens with zero attached hydrogens (tertiary/aromatic N) is 1. The molecule has 3 N–H and O–H groups in total. The Balaban J connectivity index is 2.26. The Kier molecular flexibility index (Phi) is 4.61. The third-order valence-corrected chi connectivity index (χ3v) is 3.97. The minimum Gasteiger partial charge on any atom is -0.308 e. The van der Waals surface area contributed by atoms with Crippen molar-refractivity contribution in [2.24, 2.45) is 10.8 Å². The lowest BCUT2D eigenvalue weighted by Crippen LogP contribution is -2.33. The summed E-state index contributed by atoms with van der Waals surface area (Å²) in [5.41, 5.74) is 4.63. The molecular formula is C14H20ClN3. The summed E-state index contributed by atoms with van der Waals surface area (Å²) in [5.74, 6) is 6.31. The number of aliphatic imine (C=N–C) groups is 1. The third-order valence-electron chi connectivity index (χ3n) is 3.47. The Morgan fingerprint density at radius 3 is 2.72 bits per heavy atom. The molecule has 18 heavy (non-hydrogen) atoms. The van der Waals surface area contributed by atoms with E-state index < -0.39 is 0 Å². The van der Waals surface area contributed by atoms with Gasteiger partial charge in [-0.25, -0.2) is 5.84 Å². The third kappa shape index (κ3) is 3.03. The quantitative estimate of drug-likeness (QED) is 0.373. The number of nitrogens with two attached hydrogens (primary N) is 1. The zero-order chi connectivity index (χ0) is 13.0. The molecule has 2 rings (SSSR count). The Bertz CT molecular complexity index is 437. The largest absolute Gasteiger partial charge is 0.308 e. The maximum absolute atomic E-state index is 6.31. The molecule has 3 nitrogen and oxygen atoms in total. The van der Waals surface area contributed by atoms with Gasteiger partial charge in [-0.15, -0.1) is 0 Å². The van der Waals surface area contributed by atoms with Crippen LogP contribution in [0.15, 0.2) is 23.2 Å². The molecule has 4 heteroatoms. The van der Waals surface area contributed by atoms with Gasteiger partial charge in [-0.2, -0.15) is 0 Å². The molecule has 0 unspecified atom stereocenters. The van der Waals surface area contributed by atoms with E-state index in [0.717, 1.165) is 29.0 Å². The average Bonchev–Trinajstić information content (AvgIpc) is 2.41. The van der Waals surface area contributed by atoms with Crippen LogP contribution in [0.2, 0.25) is 5.02 Å². The molecule has 0 bridgehead atoms. The summed E-state index contributed by atoms with van der Waals surface area (Å²) in [4.78, 5) is 4.72. The Morgan fingerprint density at radius 1 is 1.33 bits per heavy atom. The lowest BCUT2D eigenvalue weighted by atomic mass is 9.96. The van der Waals surface area contributed by atoms with E-state index in [4.69, 9.17) is 22.4 Å². The standard InChI is InChI=1S/C14H20ClN3/c1-10-6-5-9-12(13(10)15)14(18-16)17-11-7-3-2-4-8-11/h5-6,9,11H,2-4,7-8,16H2,1H3,(H,17,18). The van der Waals surface area contributed by atoms with Crippen molar-refractivity contribution in [1.82, 2.24) is 5.43 Å². The molecule has 1 aromatic rings. The van der Waals surface area contributed by atoms with Gasteiger partial charge in [0.25, 0.3) is 0 Å². The fourth-order valence-electron chi connectivity index (χ4n) is 2.41. The maximum Gasteiger partial charge on any atom is 0.144 e. The fourth-order valence-corrected chi connectivity index (χ4v) is 2.62. The lowest BCUT2D eigenvalue weighted by molar-refractivity contribution is 0.442. The van der Waals surface area contributed by atoms with Crippen LogP contribution in [0.4, 0.5) is 0 Å². The summed E-state index contributed by atoms with van der Waals surface area (Å²) in [6.45, 7) is 1.99. The molecular weight excluding hydrogens is 246 g/mol. The number of hydrogen-bond donors (Lipinski definition) is 2. The molecule has 1 saturated carbocycles. The number of benzene rings is 1. The second kappa shape index (κ2) is 6.21. The van der Waals surface area contributed by atoms with Gasteiger partial charge in [0.15, 0.2) is 0 Å². The van der Waals surface area contributed by atoms with Gasteiger partial charge in [0.05, 0.1) is 11.1 Å². The van der Waals surface area contributed by atoms with Crippen molar-refractivity contribution in [3.05, 3.63) is 34.3 Å². The van der Waals surface area contributed by atoms with Gasteiger partial charge in [-0.3, -0.25) is 4.99 Å². The Hall–Kier alpha value is -1.06. The minimum atomic E-state index is 0.376. The predicted molar refractivity (Wildman–Crippen MR) is 76.9 cm³/mol. The highest BCUT2D eigenvalue weighted by atomic mass is 35.5. The number of amidine groups is 1. The molecule has 0 radical (unpaired) electrons. The normalized spacial score (nSPS) is 17.8. The number of hydrazine groups is 1. The van der Waals surface area contributed by atoms with Gasteiger partial charge in [0.1, 0.15) is 5.84 Å². The molecule has 98 valence electrons. The van der Waals surface area contributed by atoms with Crippen LogP contribution in [-0.4, -0.2) is 11.9 Å². The van der Waals surface area contributed by atoms with Crippen LogP contribution in [0.3, 0.4) is 0 Å². The lowest BCUT2D eigenvalue weighted by Gasteiger charge is -2.19. The van der Waals surface area contributed by atoms with Gasteiger partial charge in [0, 0.05) is 5.56 Å². The van der Waals surface area contributed by atoms with E-state index >= 15 is 0 Å². The van der Waals surface area contributed by atoms with Crippen molar-refractivity contribution in [2.45, 2.75) is 45.1 Å². The van der Waals surface area contributed by atoms with Crippen LogP contribution in [0.1, 0.15) is 43.2 Å². The molecule has 0 amide bonds. The minimum absolute atomic E-state index is 0.376. The van der Waals surface area contributed by atoms with Crippen LogP contribution >= 0.6 is 11.6 Å².